The van der Waals surface area contributed by atoms with Crippen LogP contribution in [0, 0.1) is 17.5 Å². The van der Waals surface area contributed by atoms with Crippen LogP contribution in [0.25, 0.3) is 11.4 Å². The molecule has 0 saturated carbocycles. The van der Waals surface area contributed by atoms with E-state index in [-0.39, 0.29) is 24.2 Å². The summed E-state index contributed by atoms with van der Waals surface area (Å²) in [5.74, 6) is 0.318. The van der Waals surface area contributed by atoms with Crippen LogP contribution >= 0.6 is 12.2 Å². The number of benzene rings is 2. The van der Waals surface area contributed by atoms with Gasteiger partial charge in [-0.1, -0.05) is 42.0 Å². The lowest BCUT2D eigenvalue weighted by Gasteiger charge is -2.25. The lowest BCUT2D eigenvalue weighted by atomic mass is 10.1. The van der Waals surface area contributed by atoms with Crippen molar-refractivity contribution in [3.8, 4) is 11.4 Å². The molecule has 0 aliphatic carbocycles. The van der Waals surface area contributed by atoms with Gasteiger partial charge in [0.05, 0.1) is 6.04 Å². The van der Waals surface area contributed by atoms with E-state index >= 15 is 0 Å². The maximum atomic E-state index is 13.6. The zero-order valence-electron chi connectivity index (χ0n) is 17.4. The van der Waals surface area contributed by atoms with Crippen molar-refractivity contribution in [1.82, 2.24) is 25.0 Å². The topological polar surface area (TPSA) is 66.0 Å². The maximum Gasteiger partial charge on any atom is 0.221 e. The third kappa shape index (κ3) is 5.40. The Kier molecular flexibility index (Phi) is 7.12. The summed E-state index contributed by atoms with van der Waals surface area (Å²) in [6.45, 7) is 2.82. The van der Waals surface area contributed by atoms with Crippen LogP contribution in [-0.4, -0.2) is 46.2 Å². The first-order valence-electron chi connectivity index (χ1n) is 9.76. The summed E-state index contributed by atoms with van der Waals surface area (Å²) in [6.07, 6.45) is 0.260. The SMILES string of the molecule is Cc1ccc(-c2n[nH]c(=S)n2CCC(=O)NC[C@@H](c2cccc(F)c2)N(C)C)cc1. The van der Waals surface area contributed by atoms with Gasteiger partial charge in [-0.2, -0.15) is 5.10 Å². The van der Waals surface area contributed by atoms with E-state index in [0.717, 1.165) is 16.7 Å². The lowest BCUT2D eigenvalue weighted by Crippen LogP contribution is -2.35. The average molecular weight is 428 g/mol. The molecule has 0 radical (unpaired) electrons. The normalized spacial score (nSPS) is 12.2. The molecule has 8 heteroatoms. The van der Waals surface area contributed by atoms with Gasteiger partial charge in [-0.25, -0.2) is 4.39 Å². The number of hydrogen-bond donors (Lipinski definition) is 2. The van der Waals surface area contributed by atoms with E-state index < -0.39 is 0 Å². The highest BCUT2D eigenvalue weighted by Crippen LogP contribution is 2.19. The fraction of sp³-hybridized carbons (Fsp3) is 0.318. The van der Waals surface area contributed by atoms with E-state index in [0.29, 0.717) is 23.7 Å². The van der Waals surface area contributed by atoms with E-state index in [1.807, 2.05) is 60.8 Å². The molecule has 0 fully saturated rings. The Bertz CT molecular complexity index is 1060. The second-order valence-corrected chi connectivity index (χ2v) is 7.85. The van der Waals surface area contributed by atoms with Crippen molar-refractivity contribution in [2.24, 2.45) is 0 Å². The Morgan fingerprint density at radius 2 is 2.00 bits per heavy atom. The van der Waals surface area contributed by atoms with E-state index in [4.69, 9.17) is 12.2 Å². The molecule has 0 saturated heterocycles. The maximum absolute atomic E-state index is 13.6. The van der Waals surface area contributed by atoms with Crippen molar-refractivity contribution >= 4 is 18.1 Å². The smallest absolute Gasteiger partial charge is 0.221 e. The van der Waals surface area contributed by atoms with Crippen molar-refractivity contribution in [2.45, 2.75) is 25.9 Å². The summed E-state index contributed by atoms with van der Waals surface area (Å²) in [4.78, 5) is 14.4. The number of rotatable bonds is 8. The lowest BCUT2D eigenvalue weighted by molar-refractivity contribution is -0.121. The molecular formula is C22H26FN5OS. The highest BCUT2D eigenvalue weighted by atomic mass is 32.1. The Labute approximate surface area is 180 Å². The van der Waals surface area contributed by atoms with Crippen molar-refractivity contribution in [2.75, 3.05) is 20.6 Å². The van der Waals surface area contributed by atoms with E-state index in [1.165, 1.54) is 12.1 Å². The zero-order valence-corrected chi connectivity index (χ0v) is 18.2. The molecule has 1 atom stereocenters. The molecule has 0 aliphatic rings. The fourth-order valence-corrected chi connectivity index (χ4v) is 3.50. The van der Waals surface area contributed by atoms with Gasteiger partial charge >= 0.3 is 0 Å². The molecule has 1 amide bonds. The van der Waals surface area contributed by atoms with Crippen LogP contribution in [-0.2, 0) is 11.3 Å². The molecule has 3 rings (SSSR count). The number of hydrogen-bond acceptors (Lipinski definition) is 4. The summed E-state index contributed by atoms with van der Waals surface area (Å²) >= 11 is 5.34. The second-order valence-electron chi connectivity index (χ2n) is 7.46. The quantitative estimate of drug-likeness (QED) is 0.536. The minimum atomic E-state index is -0.288. The first kappa shape index (κ1) is 21.9. The monoisotopic (exact) mass is 427 g/mol. The van der Waals surface area contributed by atoms with Gasteiger partial charge in [0.1, 0.15) is 5.82 Å². The van der Waals surface area contributed by atoms with Crippen LogP contribution in [0.3, 0.4) is 0 Å². The van der Waals surface area contributed by atoms with E-state index in [1.54, 1.807) is 6.07 Å². The first-order chi connectivity index (χ1) is 14.3. The molecule has 0 unspecified atom stereocenters. The third-order valence-corrected chi connectivity index (χ3v) is 5.29. The van der Waals surface area contributed by atoms with Gasteiger partial charge in [0.15, 0.2) is 10.6 Å². The predicted octanol–water partition coefficient (Wildman–Crippen LogP) is 3.86. The summed E-state index contributed by atoms with van der Waals surface area (Å²) in [5.41, 5.74) is 2.92. The number of amides is 1. The number of halogens is 1. The number of aromatic nitrogens is 3. The van der Waals surface area contributed by atoms with Crippen LogP contribution in [0.15, 0.2) is 48.5 Å². The fourth-order valence-electron chi connectivity index (χ4n) is 3.27. The summed E-state index contributed by atoms with van der Waals surface area (Å²) in [5, 5.41) is 10.1. The van der Waals surface area contributed by atoms with Crippen LogP contribution in [0.2, 0.25) is 0 Å². The van der Waals surface area contributed by atoms with Gasteiger partial charge in [0.25, 0.3) is 0 Å². The number of nitrogens with zero attached hydrogens (tertiary/aromatic N) is 3. The molecule has 6 nitrogen and oxygen atoms in total. The van der Waals surface area contributed by atoms with Crippen molar-refractivity contribution in [1.29, 1.82) is 0 Å². The van der Waals surface area contributed by atoms with Crippen molar-refractivity contribution < 1.29 is 9.18 Å². The average Bonchev–Trinajstić information content (AvgIpc) is 3.07. The van der Waals surface area contributed by atoms with Gasteiger partial charge in [-0.15, -0.1) is 0 Å². The van der Waals surface area contributed by atoms with Gasteiger partial charge < -0.3 is 10.2 Å². The predicted molar refractivity (Wildman–Crippen MR) is 118 cm³/mol. The molecule has 0 bridgehead atoms. The second kappa shape index (κ2) is 9.77. The number of H-pyrrole nitrogens is 1. The third-order valence-electron chi connectivity index (χ3n) is 4.98. The minimum Gasteiger partial charge on any atom is -0.354 e. The number of nitrogens with one attached hydrogen (secondary N) is 2. The highest BCUT2D eigenvalue weighted by molar-refractivity contribution is 7.71. The largest absolute Gasteiger partial charge is 0.354 e. The van der Waals surface area contributed by atoms with Gasteiger partial charge in [-0.05, 0) is 50.9 Å². The number of likely N-dealkylation sites (N-methyl/N-ethyl adjacent to an activating group) is 1. The Balaban J connectivity index is 1.63. The number of aromatic amines is 1. The van der Waals surface area contributed by atoms with Crippen LogP contribution in [0.1, 0.15) is 23.6 Å². The molecule has 0 spiro atoms. The Morgan fingerprint density at radius 3 is 2.67 bits per heavy atom. The molecule has 3 aromatic rings. The molecule has 2 aromatic carbocycles. The Hall–Kier alpha value is -2.84. The molecule has 2 N–H and O–H groups in total. The summed E-state index contributed by atoms with van der Waals surface area (Å²) in [7, 11) is 3.81. The highest BCUT2D eigenvalue weighted by Gasteiger charge is 2.16. The number of aryl methyl sites for hydroxylation is 1. The van der Waals surface area contributed by atoms with Crippen LogP contribution in [0.4, 0.5) is 4.39 Å². The van der Waals surface area contributed by atoms with Gasteiger partial charge in [0, 0.05) is 25.1 Å². The summed E-state index contributed by atoms with van der Waals surface area (Å²) in [6, 6.07) is 14.3. The first-order valence-corrected chi connectivity index (χ1v) is 10.2. The molecule has 1 heterocycles. The van der Waals surface area contributed by atoms with E-state index in [2.05, 4.69) is 15.5 Å². The molecule has 0 aliphatic heterocycles. The zero-order chi connectivity index (χ0) is 21.7. The molecule has 158 valence electrons. The molecule has 30 heavy (non-hydrogen) atoms. The standard InChI is InChI=1S/C22H26FN5OS/c1-15-7-9-16(10-8-15)21-25-26-22(30)28(21)12-11-20(29)24-14-19(27(2)3)17-5-4-6-18(23)13-17/h4-10,13,19H,11-12,14H2,1-3H3,(H,24,29)(H,26,30)/t19-/m0/s1. The minimum absolute atomic E-state index is 0.101. The van der Waals surface area contributed by atoms with Gasteiger partial charge in [-0.3, -0.25) is 14.5 Å². The van der Waals surface area contributed by atoms with Crippen molar-refractivity contribution in [3.05, 3.63) is 70.2 Å². The van der Waals surface area contributed by atoms with Crippen molar-refractivity contribution in [3.63, 3.8) is 0 Å². The molecular weight excluding hydrogens is 401 g/mol. The Morgan fingerprint density at radius 1 is 1.27 bits per heavy atom. The van der Waals surface area contributed by atoms with Crippen LogP contribution < -0.4 is 5.32 Å². The number of carbonyl (C=O) groups excluding carboxylic acids is 1. The number of carbonyl (C=O) groups is 1. The van der Waals surface area contributed by atoms with Gasteiger partial charge in [0.2, 0.25) is 5.91 Å². The molecule has 1 aromatic heterocycles. The summed E-state index contributed by atoms with van der Waals surface area (Å²) < 4.78 is 15.9. The van der Waals surface area contributed by atoms with Crippen LogP contribution in [0.5, 0.6) is 0 Å². The van der Waals surface area contributed by atoms with E-state index in [9.17, 15) is 9.18 Å².